The first-order chi connectivity index (χ1) is 13.9. The maximum absolute atomic E-state index is 12.8. The summed E-state index contributed by atoms with van der Waals surface area (Å²) in [6.45, 7) is 14.4. The van der Waals surface area contributed by atoms with Crippen molar-refractivity contribution in [1.29, 1.82) is 0 Å². The third-order valence-corrected chi connectivity index (χ3v) is 4.41. The summed E-state index contributed by atoms with van der Waals surface area (Å²) in [5.41, 5.74) is 1.06. The number of hydrogen-bond acceptors (Lipinski definition) is 6. The molecule has 8 nitrogen and oxygen atoms in total. The third-order valence-electron chi connectivity index (χ3n) is 4.41. The molecule has 0 spiro atoms. The minimum Gasteiger partial charge on any atom is -0.485 e. The van der Waals surface area contributed by atoms with Crippen LogP contribution in [-0.2, 0) is 17.6 Å². The van der Waals surface area contributed by atoms with Crippen molar-refractivity contribution in [3.05, 3.63) is 53.3 Å². The van der Waals surface area contributed by atoms with Crippen LogP contribution in [0.15, 0.2) is 34.9 Å². The topological polar surface area (TPSA) is 95.1 Å². The first-order valence-electron chi connectivity index (χ1n) is 9.88. The summed E-state index contributed by atoms with van der Waals surface area (Å²) < 4.78 is 12.4. The van der Waals surface area contributed by atoms with Crippen LogP contribution in [0.5, 0.6) is 5.75 Å². The van der Waals surface area contributed by atoms with Gasteiger partial charge in [0.2, 0.25) is 11.7 Å². The van der Waals surface area contributed by atoms with Gasteiger partial charge in [0.25, 0.3) is 5.91 Å². The average Bonchev–Trinajstić information content (AvgIpc) is 3.26. The van der Waals surface area contributed by atoms with Gasteiger partial charge in [0.05, 0.1) is 11.2 Å². The van der Waals surface area contributed by atoms with Crippen molar-refractivity contribution in [2.45, 2.75) is 66.0 Å². The lowest BCUT2D eigenvalue weighted by molar-refractivity contribution is 0.102. The Morgan fingerprint density at radius 3 is 2.33 bits per heavy atom. The van der Waals surface area contributed by atoms with Gasteiger partial charge in [-0.3, -0.25) is 4.79 Å². The molecule has 8 heteroatoms. The molecular formula is C22H29N5O3. The maximum atomic E-state index is 12.8. The van der Waals surface area contributed by atoms with E-state index in [2.05, 4.69) is 57.0 Å². The number of benzene rings is 1. The van der Waals surface area contributed by atoms with Crippen molar-refractivity contribution in [2.75, 3.05) is 5.32 Å². The minimum atomic E-state index is -0.267. The summed E-state index contributed by atoms with van der Waals surface area (Å²) in [6.07, 6.45) is 0. The van der Waals surface area contributed by atoms with Gasteiger partial charge >= 0.3 is 0 Å². The predicted molar refractivity (Wildman–Crippen MR) is 114 cm³/mol. The SMILES string of the molecule is Cc1nc(COc2ccc(C(=O)Nc3cc(C(C)(C)C)nn3C(C)(C)C)cc2)no1. The monoisotopic (exact) mass is 411 g/mol. The van der Waals surface area contributed by atoms with Crippen LogP contribution >= 0.6 is 0 Å². The van der Waals surface area contributed by atoms with Crippen molar-refractivity contribution in [3.63, 3.8) is 0 Å². The quantitative estimate of drug-likeness (QED) is 0.666. The van der Waals surface area contributed by atoms with E-state index in [0.29, 0.717) is 28.8 Å². The third kappa shape index (κ3) is 5.06. The Morgan fingerprint density at radius 1 is 1.13 bits per heavy atom. The van der Waals surface area contributed by atoms with Gasteiger partial charge in [0, 0.05) is 24.0 Å². The molecular weight excluding hydrogens is 382 g/mol. The molecule has 3 aromatic rings. The van der Waals surface area contributed by atoms with Crippen molar-refractivity contribution in [3.8, 4) is 5.75 Å². The molecule has 0 atom stereocenters. The lowest BCUT2D eigenvalue weighted by Crippen LogP contribution is -2.27. The number of carbonyl (C=O) groups is 1. The van der Waals surface area contributed by atoms with Crippen molar-refractivity contribution in [2.24, 2.45) is 0 Å². The van der Waals surface area contributed by atoms with E-state index in [1.807, 2.05) is 10.7 Å². The number of amides is 1. The molecule has 2 heterocycles. The molecule has 0 radical (unpaired) electrons. The lowest BCUT2D eigenvalue weighted by Gasteiger charge is -2.23. The number of nitrogens with one attached hydrogen (secondary N) is 1. The molecule has 160 valence electrons. The van der Waals surface area contributed by atoms with Crippen LogP contribution in [0, 0.1) is 6.92 Å². The summed E-state index contributed by atoms with van der Waals surface area (Å²) in [5.74, 6) is 2.04. The van der Waals surface area contributed by atoms with Gasteiger partial charge in [-0.05, 0) is 45.0 Å². The van der Waals surface area contributed by atoms with E-state index in [1.165, 1.54) is 0 Å². The van der Waals surface area contributed by atoms with Crippen LogP contribution in [0.4, 0.5) is 5.82 Å². The summed E-state index contributed by atoms with van der Waals surface area (Å²) in [4.78, 5) is 16.9. The van der Waals surface area contributed by atoms with E-state index in [0.717, 1.165) is 5.69 Å². The number of aromatic nitrogens is 4. The number of aryl methyl sites for hydroxylation is 1. The highest BCUT2D eigenvalue weighted by Gasteiger charge is 2.26. The first kappa shape index (κ1) is 21.5. The fourth-order valence-electron chi connectivity index (χ4n) is 2.79. The number of anilines is 1. The molecule has 30 heavy (non-hydrogen) atoms. The minimum absolute atomic E-state index is 0.119. The Hall–Kier alpha value is -3.16. The van der Waals surface area contributed by atoms with E-state index in [4.69, 9.17) is 14.4 Å². The van der Waals surface area contributed by atoms with Crippen LogP contribution in [0.3, 0.4) is 0 Å². The number of nitrogens with zero attached hydrogens (tertiary/aromatic N) is 4. The summed E-state index contributed by atoms with van der Waals surface area (Å²) >= 11 is 0. The Balaban J connectivity index is 1.72. The second-order valence-electron chi connectivity index (χ2n) is 9.24. The fraction of sp³-hybridized carbons (Fsp3) is 0.455. The van der Waals surface area contributed by atoms with E-state index < -0.39 is 0 Å². The van der Waals surface area contributed by atoms with Gasteiger partial charge in [-0.25, -0.2) is 4.68 Å². The van der Waals surface area contributed by atoms with Gasteiger partial charge in [-0.2, -0.15) is 10.1 Å². The first-order valence-corrected chi connectivity index (χ1v) is 9.88. The highest BCUT2D eigenvalue weighted by molar-refractivity contribution is 6.03. The average molecular weight is 412 g/mol. The normalized spacial score (nSPS) is 12.1. The number of hydrogen-bond donors (Lipinski definition) is 1. The molecule has 0 aliphatic rings. The molecule has 1 aromatic carbocycles. The summed E-state index contributed by atoms with van der Waals surface area (Å²) in [6, 6.07) is 8.85. The van der Waals surface area contributed by atoms with Crippen molar-refractivity contribution >= 4 is 11.7 Å². The van der Waals surface area contributed by atoms with Crippen LogP contribution in [0.25, 0.3) is 0 Å². The van der Waals surface area contributed by atoms with E-state index in [-0.39, 0.29) is 23.5 Å². The fourth-order valence-corrected chi connectivity index (χ4v) is 2.79. The number of rotatable bonds is 5. The maximum Gasteiger partial charge on any atom is 0.256 e. The van der Waals surface area contributed by atoms with Crippen LogP contribution in [0.2, 0.25) is 0 Å². The van der Waals surface area contributed by atoms with Gasteiger partial charge < -0.3 is 14.6 Å². The zero-order valence-electron chi connectivity index (χ0n) is 18.6. The van der Waals surface area contributed by atoms with Crippen molar-refractivity contribution < 1.29 is 14.1 Å². The molecule has 0 saturated heterocycles. The highest BCUT2D eigenvalue weighted by Crippen LogP contribution is 2.28. The zero-order chi connectivity index (χ0) is 22.1. The van der Waals surface area contributed by atoms with Crippen LogP contribution in [0.1, 0.15) is 69.3 Å². The Kier molecular flexibility index (Phi) is 5.70. The van der Waals surface area contributed by atoms with Gasteiger partial charge in [0.1, 0.15) is 11.6 Å². The van der Waals surface area contributed by atoms with Gasteiger partial charge in [0.15, 0.2) is 6.61 Å². The molecule has 0 bridgehead atoms. The smallest absolute Gasteiger partial charge is 0.256 e. The molecule has 1 N–H and O–H groups in total. The summed E-state index contributed by atoms with van der Waals surface area (Å²) in [5, 5.41) is 11.5. The Labute approximate surface area is 176 Å². The highest BCUT2D eigenvalue weighted by atomic mass is 16.5. The van der Waals surface area contributed by atoms with E-state index in [1.54, 1.807) is 31.2 Å². The van der Waals surface area contributed by atoms with Gasteiger partial charge in [-0.15, -0.1) is 0 Å². The lowest BCUT2D eigenvalue weighted by atomic mass is 9.92. The molecule has 3 rings (SSSR count). The largest absolute Gasteiger partial charge is 0.485 e. The van der Waals surface area contributed by atoms with Gasteiger partial charge in [-0.1, -0.05) is 25.9 Å². The summed E-state index contributed by atoms with van der Waals surface area (Å²) in [7, 11) is 0. The Bertz CT molecular complexity index is 1020. The Morgan fingerprint density at radius 2 is 1.80 bits per heavy atom. The zero-order valence-corrected chi connectivity index (χ0v) is 18.6. The number of carbonyl (C=O) groups excluding carboxylic acids is 1. The standard InChI is InChI=1S/C22H29N5O3/c1-14-23-18(26-30-14)13-29-16-10-8-15(9-11-16)20(28)24-19-12-17(21(2,3)4)25-27(19)22(5,6)7/h8-12H,13H2,1-7H3,(H,24,28). The molecule has 0 saturated carbocycles. The number of ether oxygens (including phenoxy) is 1. The molecule has 0 fully saturated rings. The van der Waals surface area contributed by atoms with Crippen molar-refractivity contribution in [1.82, 2.24) is 19.9 Å². The second kappa shape index (κ2) is 7.93. The second-order valence-corrected chi connectivity index (χ2v) is 9.24. The van der Waals surface area contributed by atoms with E-state index >= 15 is 0 Å². The molecule has 0 aliphatic carbocycles. The molecule has 0 aliphatic heterocycles. The van der Waals surface area contributed by atoms with E-state index in [9.17, 15) is 4.79 Å². The molecule has 1 amide bonds. The predicted octanol–water partition coefficient (Wildman–Crippen LogP) is 4.46. The van der Waals surface area contributed by atoms with Crippen LogP contribution < -0.4 is 10.1 Å². The molecule has 2 aromatic heterocycles. The van der Waals surface area contributed by atoms with Crippen LogP contribution in [-0.4, -0.2) is 25.8 Å². The molecule has 0 unspecified atom stereocenters.